The van der Waals surface area contributed by atoms with Gasteiger partial charge in [0.1, 0.15) is 11.7 Å². The molecule has 0 saturated heterocycles. The maximum atomic E-state index is 6.16. The molecule has 1 aromatic carbocycles. The van der Waals surface area contributed by atoms with Crippen LogP contribution in [0, 0.1) is 0 Å². The van der Waals surface area contributed by atoms with E-state index in [1.54, 1.807) is 6.20 Å². The highest BCUT2D eigenvalue weighted by molar-refractivity contribution is 6.30. The molecule has 0 aliphatic heterocycles. The number of nitrogens with one attached hydrogen (secondary N) is 2. The molecule has 0 spiro atoms. The quantitative estimate of drug-likeness (QED) is 0.190. The molecule has 6 heteroatoms. The first-order valence-corrected chi connectivity index (χ1v) is 12.3. The molecule has 1 aliphatic carbocycles. The molecule has 1 aliphatic rings. The lowest BCUT2D eigenvalue weighted by Gasteiger charge is -2.26. The van der Waals surface area contributed by atoms with Gasteiger partial charge in [-0.05, 0) is 62.5 Å². The van der Waals surface area contributed by atoms with Crippen molar-refractivity contribution in [2.75, 3.05) is 6.54 Å². The molecule has 1 aromatic rings. The first-order valence-electron chi connectivity index (χ1n) is 12.0. The predicted octanol–water partition coefficient (Wildman–Crippen LogP) is 6.55. The largest absolute Gasteiger partial charge is 0.377 e. The molecule has 184 valence electrons. The van der Waals surface area contributed by atoms with E-state index in [1.807, 2.05) is 62.2 Å². The lowest BCUT2D eigenvalue weighted by Crippen LogP contribution is -2.31. The molecule has 1 atom stereocenters. The second kappa shape index (κ2) is 13.8. The second-order valence-electron chi connectivity index (χ2n) is 8.70. The summed E-state index contributed by atoms with van der Waals surface area (Å²) in [6.07, 6.45) is 11.9. The average molecular weight is 482 g/mol. The topological polar surface area (TPSA) is 65.7 Å². The Morgan fingerprint density at radius 3 is 2.53 bits per heavy atom. The van der Waals surface area contributed by atoms with Crippen molar-refractivity contribution < 1.29 is 0 Å². The number of halogens is 1. The molecule has 1 fully saturated rings. The van der Waals surface area contributed by atoms with E-state index in [9.17, 15) is 0 Å². The van der Waals surface area contributed by atoms with E-state index in [-0.39, 0.29) is 6.04 Å². The third kappa shape index (κ3) is 8.23. The van der Waals surface area contributed by atoms with Gasteiger partial charge in [-0.25, -0.2) is 4.99 Å². The van der Waals surface area contributed by atoms with Crippen LogP contribution in [0.4, 0.5) is 0 Å². The van der Waals surface area contributed by atoms with Gasteiger partial charge >= 0.3 is 0 Å². The summed E-state index contributed by atoms with van der Waals surface area (Å²) >= 11 is 6.16. The van der Waals surface area contributed by atoms with Crippen LogP contribution in [0.25, 0.3) is 0 Å². The van der Waals surface area contributed by atoms with Gasteiger partial charge in [-0.3, -0.25) is 0 Å². The summed E-state index contributed by atoms with van der Waals surface area (Å²) in [6, 6.07) is 8.03. The van der Waals surface area contributed by atoms with E-state index in [0.717, 1.165) is 41.1 Å². The number of nitrogens with zero attached hydrogens (tertiary/aromatic N) is 2. The van der Waals surface area contributed by atoms with Crippen molar-refractivity contribution in [3.05, 3.63) is 95.7 Å². The van der Waals surface area contributed by atoms with Crippen molar-refractivity contribution in [2.45, 2.75) is 65.0 Å². The Balaban J connectivity index is 2.20. The lowest BCUT2D eigenvalue weighted by molar-refractivity contribution is 0.396. The highest BCUT2D eigenvalue weighted by atomic mass is 35.5. The van der Waals surface area contributed by atoms with Crippen LogP contribution in [0.1, 0.15) is 64.5 Å². The van der Waals surface area contributed by atoms with Crippen LogP contribution in [0.3, 0.4) is 0 Å². The Kier molecular flexibility index (Phi) is 11.2. The van der Waals surface area contributed by atoms with E-state index in [2.05, 4.69) is 30.4 Å². The minimum absolute atomic E-state index is 0.100. The SMILES string of the molecule is C=CN(/C=C(\C)C(=C)N[C@@H](CN)c1cccc(Cl)c1)C(=N/C(=C)NC1CCCCC1)/C(C)=C\C. The second-order valence-corrected chi connectivity index (χ2v) is 9.14. The number of allylic oxidation sites excluding steroid dienone is 2. The smallest absolute Gasteiger partial charge is 0.141 e. The molecule has 5 nitrogen and oxygen atoms in total. The van der Waals surface area contributed by atoms with Crippen molar-refractivity contribution in [3.8, 4) is 0 Å². The van der Waals surface area contributed by atoms with Crippen molar-refractivity contribution in [3.63, 3.8) is 0 Å². The molecular formula is C28H40ClN5. The zero-order chi connectivity index (χ0) is 25.1. The maximum Gasteiger partial charge on any atom is 0.141 e. The van der Waals surface area contributed by atoms with Gasteiger partial charge < -0.3 is 21.3 Å². The average Bonchev–Trinajstić information content (AvgIpc) is 2.84. The Morgan fingerprint density at radius 2 is 1.94 bits per heavy atom. The Morgan fingerprint density at radius 1 is 1.24 bits per heavy atom. The van der Waals surface area contributed by atoms with Gasteiger partial charge in [-0.1, -0.05) is 68.8 Å². The molecule has 0 unspecified atom stereocenters. The van der Waals surface area contributed by atoms with Gasteiger partial charge in [0.2, 0.25) is 0 Å². The summed E-state index contributed by atoms with van der Waals surface area (Å²) in [7, 11) is 0. The van der Waals surface area contributed by atoms with Crippen molar-refractivity contribution in [1.82, 2.24) is 15.5 Å². The van der Waals surface area contributed by atoms with Crippen LogP contribution < -0.4 is 16.4 Å². The normalized spacial score (nSPS) is 16.6. The summed E-state index contributed by atoms with van der Waals surface area (Å²) in [6.45, 7) is 18.8. The van der Waals surface area contributed by atoms with Gasteiger partial charge in [0.25, 0.3) is 0 Å². The van der Waals surface area contributed by atoms with Crippen LogP contribution >= 0.6 is 11.6 Å². The molecule has 0 heterocycles. The van der Waals surface area contributed by atoms with Gasteiger partial charge in [0.15, 0.2) is 0 Å². The van der Waals surface area contributed by atoms with E-state index in [0.29, 0.717) is 23.4 Å². The Bertz CT molecular complexity index is 953. The van der Waals surface area contributed by atoms with Crippen LogP contribution in [0.2, 0.25) is 5.02 Å². The molecule has 4 N–H and O–H groups in total. The molecule has 2 rings (SSSR count). The van der Waals surface area contributed by atoms with Crippen LogP contribution in [-0.4, -0.2) is 23.3 Å². The highest BCUT2D eigenvalue weighted by Gasteiger charge is 2.16. The van der Waals surface area contributed by atoms with E-state index in [1.165, 1.54) is 19.3 Å². The predicted molar refractivity (Wildman–Crippen MR) is 147 cm³/mol. The Labute approximate surface area is 210 Å². The number of hydrogen-bond acceptors (Lipinski definition) is 4. The lowest BCUT2D eigenvalue weighted by atomic mass is 9.96. The molecule has 34 heavy (non-hydrogen) atoms. The molecular weight excluding hydrogens is 442 g/mol. The standard InChI is InChI=1S/C28H40ClN5/c1-7-20(3)28(33-23(6)32-26-15-10-9-11-16-26)34(8-2)19-21(4)22(5)31-27(18-30)24-13-12-14-25(29)17-24/h7-8,12-14,17,19,26-27,31-32H,2,5-6,9-11,15-16,18,30H2,1,3-4H3/b20-7-,21-19+,33-28+/t27-/m0/s1. The summed E-state index contributed by atoms with van der Waals surface area (Å²) in [5.74, 6) is 1.44. The highest BCUT2D eigenvalue weighted by Crippen LogP contribution is 2.21. The monoisotopic (exact) mass is 481 g/mol. The zero-order valence-electron chi connectivity index (χ0n) is 20.9. The van der Waals surface area contributed by atoms with Gasteiger partial charge in [0.05, 0.1) is 6.04 Å². The van der Waals surface area contributed by atoms with Crippen LogP contribution in [-0.2, 0) is 0 Å². The van der Waals surface area contributed by atoms with E-state index in [4.69, 9.17) is 22.3 Å². The number of amidine groups is 1. The summed E-state index contributed by atoms with van der Waals surface area (Å²) < 4.78 is 0. The van der Waals surface area contributed by atoms with E-state index < -0.39 is 0 Å². The number of hydrogen-bond donors (Lipinski definition) is 3. The first kappa shape index (κ1) is 27.5. The minimum Gasteiger partial charge on any atom is -0.377 e. The zero-order valence-corrected chi connectivity index (χ0v) is 21.7. The van der Waals surface area contributed by atoms with E-state index >= 15 is 0 Å². The fraction of sp³-hybridized carbons (Fsp3) is 0.393. The fourth-order valence-corrected chi connectivity index (χ4v) is 4.13. The Hall–Kier alpha value is -2.76. The number of benzene rings is 1. The molecule has 0 radical (unpaired) electrons. The fourth-order valence-electron chi connectivity index (χ4n) is 3.93. The molecule has 0 amide bonds. The van der Waals surface area contributed by atoms with Crippen molar-refractivity contribution in [2.24, 2.45) is 10.7 Å². The minimum atomic E-state index is -0.100. The van der Waals surface area contributed by atoms with Crippen LogP contribution in [0.5, 0.6) is 0 Å². The summed E-state index contributed by atoms with van der Waals surface area (Å²) in [4.78, 5) is 6.73. The number of aliphatic imine (C=N–C) groups is 1. The summed E-state index contributed by atoms with van der Waals surface area (Å²) in [5, 5.41) is 7.60. The van der Waals surface area contributed by atoms with Crippen molar-refractivity contribution >= 4 is 17.4 Å². The number of nitrogens with two attached hydrogens (primary N) is 1. The van der Waals surface area contributed by atoms with Gasteiger partial charge in [0, 0.05) is 35.7 Å². The first-order chi connectivity index (χ1) is 16.3. The van der Waals surface area contributed by atoms with Gasteiger partial charge in [-0.2, -0.15) is 0 Å². The third-order valence-electron chi connectivity index (χ3n) is 6.09. The summed E-state index contributed by atoms with van der Waals surface area (Å²) in [5.41, 5.74) is 9.76. The number of rotatable bonds is 11. The molecule has 1 saturated carbocycles. The maximum absolute atomic E-state index is 6.16. The van der Waals surface area contributed by atoms with Gasteiger partial charge in [-0.15, -0.1) is 0 Å². The molecule has 0 bridgehead atoms. The van der Waals surface area contributed by atoms with Crippen LogP contribution in [0.15, 0.2) is 90.1 Å². The van der Waals surface area contributed by atoms with Crippen molar-refractivity contribution in [1.29, 1.82) is 0 Å². The third-order valence-corrected chi connectivity index (χ3v) is 6.32. The molecule has 0 aromatic heterocycles.